The van der Waals surface area contributed by atoms with Crippen LogP contribution in [-0.4, -0.2) is 59.9 Å². The molecule has 1 unspecified atom stereocenters. The van der Waals surface area contributed by atoms with E-state index in [-0.39, 0.29) is 24.3 Å². The molecule has 1 saturated heterocycles. The summed E-state index contributed by atoms with van der Waals surface area (Å²) in [5, 5.41) is 12.0. The number of hydrogen-bond donors (Lipinski definition) is 1. The van der Waals surface area contributed by atoms with Crippen LogP contribution in [0.15, 0.2) is 0 Å². The Morgan fingerprint density at radius 1 is 1.30 bits per heavy atom. The molecular formula is C14H24N4O2. The summed E-state index contributed by atoms with van der Waals surface area (Å²) in [6.07, 6.45) is 0. The molecule has 1 aliphatic rings. The van der Waals surface area contributed by atoms with Crippen LogP contribution in [0.2, 0.25) is 0 Å². The van der Waals surface area contributed by atoms with E-state index in [9.17, 15) is 14.9 Å². The second kappa shape index (κ2) is 6.71. The van der Waals surface area contributed by atoms with E-state index in [1.54, 1.807) is 18.7 Å². The number of nitriles is 1. The monoisotopic (exact) mass is 280 g/mol. The van der Waals surface area contributed by atoms with Gasteiger partial charge in [0.05, 0.1) is 12.6 Å². The maximum absolute atomic E-state index is 12.0. The van der Waals surface area contributed by atoms with Gasteiger partial charge in [0.25, 0.3) is 0 Å². The second-order valence-corrected chi connectivity index (χ2v) is 5.80. The van der Waals surface area contributed by atoms with Crippen LogP contribution in [0.25, 0.3) is 0 Å². The third kappa shape index (κ3) is 4.20. The van der Waals surface area contributed by atoms with E-state index < -0.39 is 5.54 Å². The quantitative estimate of drug-likeness (QED) is 0.798. The Morgan fingerprint density at radius 2 is 1.85 bits per heavy atom. The summed E-state index contributed by atoms with van der Waals surface area (Å²) in [6.45, 7) is 10.1. The van der Waals surface area contributed by atoms with Gasteiger partial charge in [0.1, 0.15) is 5.54 Å². The molecule has 6 nitrogen and oxygen atoms in total. The van der Waals surface area contributed by atoms with Crippen LogP contribution < -0.4 is 5.32 Å². The molecule has 1 atom stereocenters. The van der Waals surface area contributed by atoms with Gasteiger partial charge in [-0.3, -0.25) is 14.5 Å². The lowest BCUT2D eigenvalue weighted by atomic mass is 9.90. The molecular weight excluding hydrogens is 256 g/mol. The molecule has 1 heterocycles. The summed E-state index contributed by atoms with van der Waals surface area (Å²) >= 11 is 0. The van der Waals surface area contributed by atoms with Crippen LogP contribution in [0.3, 0.4) is 0 Å². The van der Waals surface area contributed by atoms with Gasteiger partial charge in [-0.25, -0.2) is 0 Å². The zero-order valence-electron chi connectivity index (χ0n) is 12.8. The molecule has 0 spiro atoms. The van der Waals surface area contributed by atoms with Gasteiger partial charge in [-0.2, -0.15) is 5.26 Å². The summed E-state index contributed by atoms with van der Waals surface area (Å²) < 4.78 is 0. The van der Waals surface area contributed by atoms with Crippen molar-refractivity contribution < 1.29 is 9.59 Å². The molecule has 0 aromatic rings. The Hall–Kier alpha value is -1.61. The number of nitrogens with zero attached hydrogens (tertiary/aromatic N) is 3. The average Bonchev–Trinajstić information content (AvgIpc) is 2.38. The van der Waals surface area contributed by atoms with Crippen LogP contribution in [0.4, 0.5) is 0 Å². The number of amides is 2. The predicted molar refractivity (Wildman–Crippen MR) is 75.7 cm³/mol. The van der Waals surface area contributed by atoms with Crippen molar-refractivity contribution in [1.82, 2.24) is 15.1 Å². The van der Waals surface area contributed by atoms with Crippen LogP contribution >= 0.6 is 0 Å². The van der Waals surface area contributed by atoms with E-state index in [0.717, 1.165) is 0 Å². The topological polar surface area (TPSA) is 76.4 Å². The van der Waals surface area contributed by atoms with Gasteiger partial charge in [-0.15, -0.1) is 0 Å². The van der Waals surface area contributed by atoms with Crippen LogP contribution in [0.1, 0.15) is 27.7 Å². The highest BCUT2D eigenvalue weighted by Gasteiger charge is 2.30. The fourth-order valence-corrected chi connectivity index (χ4v) is 2.05. The second-order valence-electron chi connectivity index (χ2n) is 5.80. The highest BCUT2D eigenvalue weighted by Crippen LogP contribution is 2.15. The van der Waals surface area contributed by atoms with Gasteiger partial charge in [0.2, 0.25) is 11.8 Å². The number of hydrogen-bond acceptors (Lipinski definition) is 4. The van der Waals surface area contributed by atoms with E-state index in [0.29, 0.717) is 26.2 Å². The molecule has 0 radical (unpaired) electrons. The molecule has 0 bridgehead atoms. The lowest BCUT2D eigenvalue weighted by molar-refractivity contribution is -0.131. The predicted octanol–water partition coefficient (Wildman–Crippen LogP) is 0.205. The molecule has 1 fully saturated rings. The smallest absolute Gasteiger partial charge is 0.235 e. The Labute approximate surface area is 120 Å². The molecule has 1 N–H and O–H groups in total. The van der Waals surface area contributed by atoms with Crippen molar-refractivity contribution in [2.24, 2.45) is 5.92 Å². The summed E-state index contributed by atoms with van der Waals surface area (Å²) in [5.41, 5.74) is -0.835. The zero-order chi connectivity index (χ0) is 15.3. The number of nitrogens with one attached hydrogen (secondary N) is 1. The largest absolute Gasteiger partial charge is 0.340 e. The Bertz CT molecular complexity index is 408. The maximum atomic E-state index is 12.0. The molecule has 6 heteroatoms. The summed E-state index contributed by atoms with van der Waals surface area (Å²) in [4.78, 5) is 27.0. The minimum Gasteiger partial charge on any atom is -0.340 e. The third-order valence-corrected chi connectivity index (χ3v) is 3.97. The third-order valence-electron chi connectivity index (χ3n) is 3.97. The van der Waals surface area contributed by atoms with E-state index in [1.807, 2.05) is 18.7 Å². The summed E-state index contributed by atoms with van der Waals surface area (Å²) in [7, 11) is 0. The van der Waals surface area contributed by atoms with E-state index >= 15 is 0 Å². The number of carbonyl (C=O) groups is 2. The first-order chi connectivity index (χ1) is 9.28. The van der Waals surface area contributed by atoms with Crippen molar-refractivity contribution in [3.8, 4) is 6.07 Å². The van der Waals surface area contributed by atoms with Gasteiger partial charge < -0.3 is 10.2 Å². The molecule has 0 saturated carbocycles. The van der Waals surface area contributed by atoms with Gasteiger partial charge >= 0.3 is 0 Å². The number of rotatable bonds is 4. The first-order valence-corrected chi connectivity index (χ1v) is 6.98. The van der Waals surface area contributed by atoms with Crippen molar-refractivity contribution in [3.05, 3.63) is 0 Å². The van der Waals surface area contributed by atoms with Crippen molar-refractivity contribution in [3.63, 3.8) is 0 Å². The lowest BCUT2D eigenvalue weighted by Crippen LogP contribution is -2.54. The van der Waals surface area contributed by atoms with Crippen molar-refractivity contribution in [2.75, 3.05) is 32.7 Å². The van der Waals surface area contributed by atoms with Crippen molar-refractivity contribution in [1.29, 1.82) is 5.26 Å². The molecule has 1 aliphatic heterocycles. The van der Waals surface area contributed by atoms with Crippen molar-refractivity contribution in [2.45, 2.75) is 33.2 Å². The summed E-state index contributed by atoms with van der Waals surface area (Å²) in [5.74, 6) is -0.0176. The Balaban J connectivity index is 2.45. The van der Waals surface area contributed by atoms with Crippen LogP contribution in [0, 0.1) is 17.2 Å². The first kappa shape index (κ1) is 16.4. The molecule has 20 heavy (non-hydrogen) atoms. The van der Waals surface area contributed by atoms with Crippen molar-refractivity contribution >= 4 is 11.8 Å². The minimum atomic E-state index is -0.835. The van der Waals surface area contributed by atoms with Gasteiger partial charge in [0.15, 0.2) is 0 Å². The zero-order valence-corrected chi connectivity index (χ0v) is 12.8. The summed E-state index contributed by atoms with van der Waals surface area (Å²) in [6, 6.07) is 2.16. The van der Waals surface area contributed by atoms with E-state index in [1.165, 1.54) is 0 Å². The SMILES string of the molecule is CC(=O)N1CCN(CC(=O)NC(C)(C#N)C(C)C)CC1. The normalized spacial score (nSPS) is 19.3. The van der Waals surface area contributed by atoms with E-state index in [4.69, 9.17) is 0 Å². The standard InChI is InChI=1S/C14H24N4O2/c1-11(2)14(4,10-15)16-13(20)9-17-5-7-18(8-6-17)12(3)19/h11H,5-9H2,1-4H3,(H,16,20). The van der Waals surface area contributed by atoms with Gasteiger partial charge in [-0.05, 0) is 12.8 Å². The highest BCUT2D eigenvalue weighted by atomic mass is 16.2. The van der Waals surface area contributed by atoms with E-state index in [2.05, 4.69) is 11.4 Å². The van der Waals surface area contributed by atoms with Crippen LogP contribution in [0.5, 0.6) is 0 Å². The molecule has 0 aromatic heterocycles. The minimum absolute atomic E-state index is 0.0472. The molecule has 1 rings (SSSR count). The number of carbonyl (C=O) groups excluding carboxylic acids is 2. The highest BCUT2D eigenvalue weighted by molar-refractivity contribution is 5.79. The molecule has 0 aromatic carbocycles. The molecule has 2 amide bonds. The Morgan fingerprint density at radius 3 is 2.25 bits per heavy atom. The van der Waals surface area contributed by atoms with Crippen LogP contribution in [-0.2, 0) is 9.59 Å². The van der Waals surface area contributed by atoms with Gasteiger partial charge in [-0.1, -0.05) is 13.8 Å². The molecule has 0 aliphatic carbocycles. The fraction of sp³-hybridized carbons (Fsp3) is 0.786. The Kier molecular flexibility index (Phi) is 5.52. The fourth-order valence-electron chi connectivity index (χ4n) is 2.05. The van der Waals surface area contributed by atoms with Gasteiger partial charge in [0, 0.05) is 33.1 Å². The molecule has 112 valence electrons. The maximum Gasteiger partial charge on any atom is 0.235 e. The lowest BCUT2D eigenvalue weighted by Gasteiger charge is -2.34. The first-order valence-electron chi connectivity index (χ1n) is 6.98. The average molecular weight is 280 g/mol. The number of piperazine rings is 1.